The minimum absolute atomic E-state index is 0.888. The fraction of sp³-hybridized carbons (Fsp3) is 0.0682. The van der Waals surface area contributed by atoms with E-state index in [4.69, 9.17) is 0 Å². The van der Waals surface area contributed by atoms with E-state index in [0.29, 0.717) is 0 Å². The molecule has 6 aromatic carbocycles. The summed E-state index contributed by atoms with van der Waals surface area (Å²) in [6.45, 7) is 10.4. The van der Waals surface area contributed by atoms with Crippen LogP contribution in [0.25, 0.3) is 27.1 Å². The molecule has 46 heavy (non-hydrogen) atoms. The van der Waals surface area contributed by atoms with Gasteiger partial charge in [-0.1, -0.05) is 115 Å². The lowest BCUT2D eigenvalue weighted by molar-refractivity contribution is 1.10. The van der Waals surface area contributed by atoms with E-state index in [-0.39, 0.29) is 0 Å². The predicted molar refractivity (Wildman–Crippen MR) is 200 cm³/mol. The normalized spacial score (nSPS) is 11.6. The first-order valence-electron chi connectivity index (χ1n) is 15.7. The molecule has 0 aliphatic carbocycles. The van der Waals surface area contributed by atoms with Gasteiger partial charge in [-0.25, -0.2) is 0 Å². The first-order chi connectivity index (χ1) is 22.6. The van der Waals surface area contributed by atoms with E-state index in [1.807, 2.05) is 12.2 Å². The van der Waals surface area contributed by atoms with Crippen LogP contribution in [0, 0.1) is 0 Å². The van der Waals surface area contributed by atoms with Gasteiger partial charge in [-0.05, 0) is 114 Å². The Morgan fingerprint density at radius 2 is 1.11 bits per heavy atom. The van der Waals surface area contributed by atoms with Crippen molar-refractivity contribution in [2.75, 3.05) is 9.80 Å². The molecule has 0 fully saturated rings. The maximum atomic E-state index is 4.12. The standard InChI is InChI=1S/C44H38N2/c1-5-34(4)45(43-29-25-36-16-10-12-18-38(36)31-43)40(6-2)22-14-15-33(3)35-23-27-42(28-24-35)46(41-20-8-7-9-21-41)44-30-26-37-17-11-13-19-39(37)32-44/h5-21,23-32H,2H2,1,3-4H3/b33-15+,34-5+. The van der Waals surface area contributed by atoms with Gasteiger partial charge in [-0.2, -0.15) is 0 Å². The van der Waals surface area contributed by atoms with Gasteiger partial charge < -0.3 is 9.80 Å². The van der Waals surface area contributed by atoms with Gasteiger partial charge >= 0.3 is 0 Å². The number of rotatable bonds is 9. The lowest BCUT2D eigenvalue weighted by atomic mass is 10.0. The molecular formula is C44H38N2. The number of hydrogen-bond donors (Lipinski definition) is 0. The van der Waals surface area contributed by atoms with Gasteiger partial charge in [0.15, 0.2) is 0 Å². The highest BCUT2D eigenvalue weighted by Gasteiger charge is 2.14. The minimum Gasteiger partial charge on any atom is -0.310 e. The van der Waals surface area contributed by atoms with E-state index < -0.39 is 0 Å². The molecule has 0 saturated heterocycles. The Balaban J connectivity index is 1.31. The molecule has 0 radical (unpaired) electrons. The molecule has 0 bridgehead atoms. The van der Waals surface area contributed by atoms with Crippen molar-refractivity contribution in [3.8, 4) is 0 Å². The summed E-state index contributed by atoms with van der Waals surface area (Å²) >= 11 is 0. The highest BCUT2D eigenvalue weighted by atomic mass is 15.1. The van der Waals surface area contributed by atoms with Crippen LogP contribution < -0.4 is 9.80 Å². The Bertz CT molecular complexity index is 2130. The molecule has 0 atom stereocenters. The van der Waals surface area contributed by atoms with E-state index in [1.165, 1.54) is 21.5 Å². The molecule has 6 rings (SSSR count). The fourth-order valence-electron chi connectivity index (χ4n) is 5.75. The van der Waals surface area contributed by atoms with Crippen molar-refractivity contribution in [1.82, 2.24) is 0 Å². The molecule has 0 amide bonds. The second kappa shape index (κ2) is 13.9. The summed E-state index contributed by atoms with van der Waals surface area (Å²) in [7, 11) is 0. The molecule has 0 N–H and O–H groups in total. The summed E-state index contributed by atoms with van der Waals surface area (Å²) in [5.74, 6) is 0. The van der Waals surface area contributed by atoms with Gasteiger partial charge in [0.1, 0.15) is 0 Å². The zero-order valence-electron chi connectivity index (χ0n) is 26.7. The van der Waals surface area contributed by atoms with E-state index in [1.54, 1.807) is 0 Å². The van der Waals surface area contributed by atoms with E-state index in [2.05, 4.69) is 195 Å². The van der Waals surface area contributed by atoms with Crippen LogP contribution in [0.1, 0.15) is 26.3 Å². The van der Waals surface area contributed by atoms with Gasteiger partial charge in [-0.3, -0.25) is 0 Å². The molecule has 2 heteroatoms. The zero-order chi connectivity index (χ0) is 31.9. The van der Waals surface area contributed by atoms with Crippen molar-refractivity contribution in [3.05, 3.63) is 193 Å². The van der Waals surface area contributed by atoms with Crippen molar-refractivity contribution in [3.63, 3.8) is 0 Å². The van der Waals surface area contributed by atoms with Crippen LogP contribution in [-0.2, 0) is 0 Å². The van der Waals surface area contributed by atoms with Crippen molar-refractivity contribution in [2.45, 2.75) is 20.8 Å². The molecular weight excluding hydrogens is 556 g/mol. The van der Waals surface area contributed by atoms with Gasteiger partial charge in [0.25, 0.3) is 0 Å². The maximum absolute atomic E-state index is 4.12. The van der Waals surface area contributed by atoms with Gasteiger partial charge in [0, 0.05) is 28.4 Å². The number of nitrogens with zero attached hydrogens (tertiary/aromatic N) is 2. The van der Waals surface area contributed by atoms with E-state index in [0.717, 1.165) is 45.3 Å². The summed E-state index contributed by atoms with van der Waals surface area (Å²) < 4.78 is 0. The number of anilines is 4. The number of fused-ring (bicyclic) bond motifs is 2. The van der Waals surface area contributed by atoms with Crippen molar-refractivity contribution < 1.29 is 0 Å². The highest BCUT2D eigenvalue weighted by Crippen LogP contribution is 2.36. The summed E-state index contributed by atoms with van der Waals surface area (Å²) in [5, 5.41) is 4.88. The average molecular weight is 595 g/mol. The van der Waals surface area contributed by atoms with Gasteiger partial charge in [0.05, 0.1) is 5.70 Å². The Kier molecular flexibility index (Phi) is 9.11. The summed E-state index contributed by atoms with van der Waals surface area (Å²) in [6.07, 6.45) is 8.07. The second-order valence-corrected chi connectivity index (χ2v) is 11.3. The predicted octanol–water partition coefficient (Wildman–Crippen LogP) is 12.5. The highest BCUT2D eigenvalue weighted by molar-refractivity contribution is 5.89. The quantitative estimate of drug-likeness (QED) is 0.121. The lowest BCUT2D eigenvalue weighted by Crippen LogP contribution is -2.18. The van der Waals surface area contributed by atoms with Crippen LogP contribution in [0.4, 0.5) is 22.7 Å². The molecule has 0 aliphatic heterocycles. The Hall–Kier alpha value is -5.82. The minimum atomic E-state index is 0.888. The second-order valence-electron chi connectivity index (χ2n) is 11.3. The number of hydrogen-bond acceptors (Lipinski definition) is 2. The van der Waals surface area contributed by atoms with E-state index in [9.17, 15) is 0 Å². The first-order valence-corrected chi connectivity index (χ1v) is 15.7. The monoisotopic (exact) mass is 594 g/mol. The average Bonchev–Trinajstić information content (AvgIpc) is 3.11. The third kappa shape index (κ3) is 6.49. The molecule has 2 nitrogen and oxygen atoms in total. The van der Waals surface area contributed by atoms with Crippen LogP contribution in [0.3, 0.4) is 0 Å². The van der Waals surface area contributed by atoms with Crippen LogP contribution in [-0.4, -0.2) is 0 Å². The largest absolute Gasteiger partial charge is 0.310 e. The number of benzene rings is 6. The molecule has 0 saturated carbocycles. The summed E-state index contributed by atoms with van der Waals surface area (Å²) in [6, 6.07) is 49.4. The molecule has 6 aromatic rings. The Morgan fingerprint density at radius 1 is 0.587 bits per heavy atom. The Labute approximate surface area is 272 Å². The lowest BCUT2D eigenvalue weighted by Gasteiger charge is -2.26. The number of allylic oxidation sites excluding steroid dienone is 5. The molecule has 0 spiro atoms. The van der Waals surface area contributed by atoms with Crippen LogP contribution >= 0.6 is 0 Å². The smallest absolute Gasteiger partial charge is 0.0881 e. The molecule has 0 unspecified atom stereocenters. The van der Waals surface area contributed by atoms with Crippen LogP contribution in [0.5, 0.6) is 0 Å². The number of para-hydroxylation sites is 1. The molecule has 0 aromatic heterocycles. The van der Waals surface area contributed by atoms with Crippen LogP contribution in [0.15, 0.2) is 188 Å². The topological polar surface area (TPSA) is 6.48 Å². The maximum Gasteiger partial charge on any atom is 0.0881 e. The van der Waals surface area contributed by atoms with Crippen molar-refractivity contribution >= 4 is 49.9 Å². The van der Waals surface area contributed by atoms with Gasteiger partial charge in [-0.15, -0.1) is 0 Å². The molecule has 224 valence electrons. The van der Waals surface area contributed by atoms with E-state index >= 15 is 0 Å². The third-order valence-corrected chi connectivity index (χ3v) is 8.35. The SMILES string of the molecule is C=CC(=C=C/C=C(\C)c1ccc(N(c2ccccc2)c2ccc3ccccc3c2)cc1)N(/C(C)=C/C)c1ccc2ccccc2c1. The summed E-state index contributed by atoms with van der Waals surface area (Å²) in [4.78, 5) is 4.50. The van der Waals surface area contributed by atoms with Crippen molar-refractivity contribution in [1.29, 1.82) is 0 Å². The first kappa shape index (κ1) is 30.2. The van der Waals surface area contributed by atoms with Crippen molar-refractivity contribution in [2.24, 2.45) is 0 Å². The van der Waals surface area contributed by atoms with Crippen LogP contribution in [0.2, 0.25) is 0 Å². The molecule has 0 aliphatic rings. The molecule has 0 heterocycles. The third-order valence-electron chi connectivity index (χ3n) is 8.35. The Morgan fingerprint density at radius 3 is 1.72 bits per heavy atom. The summed E-state index contributed by atoms with van der Waals surface area (Å²) in [5.41, 5.74) is 12.2. The zero-order valence-corrected chi connectivity index (χ0v) is 26.7. The van der Waals surface area contributed by atoms with Gasteiger partial charge in [0.2, 0.25) is 0 Å². The fourth-order valence-corrected chi connectivity index (χ4v) is 5.75.